The zero-order valence-electron chi connectivity index (χ0n) is 11.3. The number of aromatic nitrogens is 1. The summed E-state index contributed by atoms with van der Waals surface area (Å²) in [6, 6.07) is 3.95. The highest BCUT2D eigenvalue weighted by Crippen LogP contribution is 2.31. The van der Waals surface area contributed by atoms with Crippen LogP contribution in [0.1, 0.15) is 38.1 Å². The van der Waals surface area contributed by atoms with Crippen LogP contribution in [0.3, 0.4) is 0 Å². The average Bonchev–Trinajstić information content (AvgIpc) is 2.25. The van der Waals surface area contributed by atoms with Crippen LogP contribution in [0.4, 0.5) is 0 Å². The highest BCUT2D eigenvalue weighted by atomic mass is 16.5. The van der Waals surface area contributed by atoms with Crippen LogP contribution in [-0.4, -0.2) is 18.2 Å². The normalized spacial score (nSPS) is 15.6. The van der Waals surface area contributed by atoms with Crippen molar-refractivity contribution in [1.29, 1.82) is 0 Å². The fraction of sp³-hybridized carbons (Fsp3) is 0.615. The Morgan fingerprint density at radius 2 is 2.00 bits per heavy atom. The molecular formula is C13H23N3O. The Kier molecular flexibility index (Phi) is 4.62. The molecule has 2 atom stereocenters. The SMILES string of the molecule is COC(C(NN)c1ccc(C)nc1)C(C)(C)C. The first kappa shape index (κ1) is 14.1. The van der Waals surface area contributed by atoms with E-state index in [0.29, 0.717) is 0 Å². The minimum Gasteiger partial charge on any atom is -0.379 e. The molecule has 4 heteroatoms. The van der Waals surface area contributed by atoms with E-state index in [-0.39, 0.29) is 17.6 Å². The molecule has 1 heterocycles. The molecule has 2 unspecified atom stereocenters. The Morgan fingerprint density at radius 3 is 2.35 bits per heavy atom. The minimum atomic E-state index is -0.0619. The van der Waals surface area contributed by atoms with Gasteiger partial charge in [-0.05, 0) is 24.0 Å². The third kappa shape index (κ3) is 3.49. The fourth-order valence-electron chi connectivity index (χ4n) is 2.01. The number of nitrogens with one attached hydrogen (secondary N) is 1. The Morgan fingerprint density at radius 1 is 1.35 bits per heavy atom. The summed E-state index contributed by atoms with van der Waals surface area (Å²) in [5, 5.41) is 0. The summed E-state index contributed by atoms with van der Waals surface area (Å²) in [6.45, 7) is 8.36. The number of methoxy groups -OCH3 is 1. The van der Waals surface area contributed by atoms with Crippen molar-refractivity contribution in [2.45, 2.75) is 39.8 Å². The fourth-order valence-corrected chi connectivity index (χ4v) is 2.01. The lowest BCUT2D eigenvalue weighted by molar-refractivity contribution is -0.0121. The van der Waals surface area contributed by atoms with E-state index in [1.807, 2.05) is 25.3 Å². The van der Waals surface area contributed by atoms with Gasteiger partial charge in [-0.1, -0.05) is 26.8 Å². The van der Waals surface area contributed by atoms with Crippen LogP contribution >= 0.6 is 0 Å². The molecular weight excluding hydrogens is 214 g/mol. The summed E-state index contributed by atoms with van der Waals surface area (Å²) in [4.78, 5) is 4.30. The van der Waals surface area contributed by atoms with Gasteiger partial charge in [0, 0.05) is 19.0 Å². The first-order valence-corrected chi connectivity index (χ1v) is 5.81. The lowest BCUT2D eigenvalue weighted by atomic mass is 9.82. The Bertz CT molecular complexity index is 343. The molecule has 17 heavy (non-hydrogen) atoms. The van der Waals surface area contributed by atoms with Gasteiger partial charge in [-0.25, -0.2) is 0 Å². The van der Waals surface area contributed by atoms with Gasteiger partial charge in [-0.15, -0.1) is 0 Å². The van der Waals surface area contributed by atoms with Crippen molar-refractivity contribution in [2.75, 3.05) is 7.11 Å². The Balaban J connectivity index is 3.01. The van der Waals surface area contributed by atoms with Crippen molar-refractivity contribution >= 4 is 0 Å². The molecule has 0 aliphatic heterocycles. The Hall–Kier alpha value is -0.970. The number of nitrogens with two attached hydrogens (primary N) is 1. The molecule has 0 radical (unpaired) electrons. The number of hydrogen-bond acceptors (Lipinski definition) is 4. The van der Waals surface area contributed by atoms with Crippen molar-refractivity contribution in [1.82, 2.24) is 10.4 Å². The molecule has 0 fully saturated rings. The maximum atomic E-state index is 5.66. The van der Waals surface area contributed by atoms with Gasteiger partial charge in [0.1, 0.15) is 0 Å². The predicted octanol–water partition coefficient (Wildman–Crippen LogP) is 1.96. The molecule has 96 valence electrons. The second kappa shape index (κ2) is 5.58. The lowest BCUT2D eigenvalue weighted by Crippen LogP contribution is -2.44. The van der Waals surface area contributed by atoms with Gasteiger partial charge in [0.05, 0.1) is 12.1 Å². The molecule has 0 saturated carbocycles. The summed E-state index contributed by atoms with van der Waals surface area (Å²) in [6.07, 6.45) is 1.83. The summed E-state index contributed by atoms with van der Waals surface area (Å²) < 4.78 is 5.58. The van der Waals surface area contributed by atoms with Gasteiger partial charge in [-0.2, -0.15) is 0 Å². The highest BCUT2D eigenvalue weighted by molar-refractivity contribution is 5.19. The molecule has 3 N–H and O–H groups in total. The molecule has 0 aliphatic rings. The maximum Gasteiger partial charge on any atom is 0.0827 e. The number of ether oxygens (including phenoxy) is 1. The number of rotatable bonds is 4. The third-order valence-electron chi connectivity index (χ3n) is 2.88. The summed E-state index contributed by atoms with van der Waals surface area (Å²) in [5.74, 6) is 5.66. The largest absolute Gasteiger partial charge is 0.379 e. The van der Waals surface area contributed by atoms with Gasteiger partial charge in [0.15, 0.2) is 0 Å². The number of pyridine rings is 1. The quantitative estimate of drug-likeness (QED) is 0.621. The zero-order valence-corrected chi connectivity index (χ0v) is 11.3. The molecule has 0 saturated heterocycles. The smallest absolute Gasteiger partial charge is 0.0827 e. The standard InChI is InChI=1S/C13H23N3O/c1-9-6-7-10(8-15-9)11(16-14)12(17-5)13(2,3)4/h6-8,11-12,16H,14H2,1-5H3. The van der Waals surface area contributed by atoms with E-state index in [1.165, 1.54) is 0 Å². The topological polar surface area (TPSA) is 60.2 Å². The molecule has 0 bridgehead atoms. The molecule has 1 aromatic heterocycles. The number of aryl methyl sites for hydroxylation is 1. The lowest BCUT2D eigenvalue weighted by Gasteiger charge is -2.35. The van der Waals surface area contributed by atoms with Gasteiger partial charge in [0.2, 0.25) is 0 Å². The van der Waals surface area contributed by atoms with Gasteiger partial charge in [0.25, 0.3) is 0 Å². The maximum absolute atomic E-state index is 5.66. The van der Waals surface area contributed by atoms with Crippen molar-refractivity contribution in [2.24, 2.45) is 11.3 Å². The van der Waals surface area contributed by atoms with Gasteiger partial charge < -0.3 is 4.74 Å². The number of hydrazine groups is 1. The minimum absolute atomic E-state index is 0.00330. The molecule has 0 amide bonds. The van der Waals surface area contributed by atoms with Crippen LogP contribution in [0.2, 0.25) is 0 Å². The van der Waals surface area contributed by atoms with Crippen molar-refractivity contribution in [3.05, 3.63) is 29.6 Å². The first-order valence-electron chi connectivity index (χ1n) is 5.81. The highest BCUT2D eigenvalue weighted by Gasteiger charge is 2.32. The average molecular weight is 237 g/mol. The van der Waals surface area contributed by atoms with E-state index in [9.17, 15) is 0 Å². The van der Waals surface area contributed by atoms with E-state index in [2.05, 4.69) is 31.2 Å². The van der Waals surface area contributed by atoms with Crippen LogP contribution in [0.25, 0.3) is 0 Å². The Labute approximate surface area is 104 Å². The van der Waals surface area contributed by atoms with Crippen LogP contribution in [0.5, 0.6) is 0 Å². The van der Waals surface area contributed by atoms with E-state index >= 15 is 0 Å². The van der Waals surface area contributed by atoms with E-state index < -0.39 is 0 Å². The molecule has 0 aromatic carbocycles. The summed E-state index contributed by atoms with van der Waals surface area (Å²) in [7, 11) is 1.71. The van der Waals surface area contributed by atoms with Gasteiger partial charge >= 0.3 is 0 Å². The van der Waals surface area contributed by atoms with Crippen LogP contribution < -0.4 is 11.3 Å². The molecule has 0 spiro atoms. The zero-order chi connectivity index (χ0) is 13.1. The predicted molar refractivity (Wildman–Crippen MR) is 69.3 cm³/mol. The first-order chi connectivity index (χ1) is 7.90. The van der Waals surface area contributed by atoms with Crippen LogP contribution in [-0.2, 0) is 4.74 Å². The monoisotopic (exact) mass is 237 g/mol. The van der Waals surface area contributed by atoms with Gasteiger partial charge in [-0.3, -0.25) is 16.3 Å². The summed E-state index contributed by atoms with van der Waals surface area (Å²) >= 11 is 0. The van der Waals surface area contributed by atoms with Crippen LogP contribution in [0, 0.1) is 12.3 Å². The van der Waals surface area contributed by atoms with Crippen molar-refractivity contribution in [3.8, 4) is 0 Å². The second-order valence-corrected chi connectivity index (χ2v) is 5.40. The molecule has 1 rings (SSSR count). The van der Waals surface area contributed by atoms with E-state index in [4.69, 9.17) is 10.6 Å². The molecule has 1 aromatic rings. The molecule has 0 aliphatic carbocycles. The van der Waals surface area contributed by atoms with E-state index in [1.54, 1.807) is 7.11 Å². The number of nitrogens with zero attached hydrogens (tertiary/aromatic N) is 1. The second-order valence-electron chi connectivity index (χ2n) is 5.40. The summed E-state index contributed by atoms with van der Waals surface area (Å²) in [5.41, 5.74) is 4.86. The van der Waals surface area contributed by atoms with Crippen molar-refractivity contribution < 1.29 is 4.74 Å². The van der Waals surface area contributed by atoms with E-state index in [0.717, 1.165) is 11.3 Å². The van der Waals surface area contributed by atoms with Crippen LogP contribution in [0.15, 0.2) is 18.3 Å². The third-order valence-corrected chi connectivity index (χ3v) is 2.88. The van der Waals surface area contributed by atoms with Crippen molar-refractivity contribution in [3.63, 3.8) is 0 Å². The number of hydrogen-bond donors (Lipinski definition) is 2. The molecule has 4 nitrogen and oxygen atoms in total.